The lowest BCUT2D eigenvalue weighted by atomic mass is 10.0. The maximum atomic E-state index is 13.7. The number of benzene rings is 1. The second-order valence-electron chi connectivity index (χ2n) is 5.27. The van der Waals surface area contributed by atoms with E-state index >= 15 is 0 Å². The van der Waals surface area contributed by atoms with Gasteiger partial charge in [-0.15, -0.1) is 0 Å². The van der Waals surface area contributed by atoms with Crippen molar-refractivity contribution in [1.29, 1.82) is 5.26 Å². The maximum Gasteiger partial charge on any atom is 0.183 e. The van der Waals surface area contributed by atoms with E-state index in [1.165, 1.54) is 12.1 Å². The van der Waals surface area contributed by atoms with Crippen LogP contribution in [0, 0.1) is 28.9 Å². The topological polar surface area (TPSA) is 35.8 Å². The largest absolute Gasteiger partial charge is 0.380 e. The van der Waals surface area contributed by atoms with Crippen LogP contribution < -0.4 is 5.32 Å². The molecule has 104 valence electrons. The van der Waals surface area contributed by atoms with E-state index in [4.69, 9.17) is 5.26 Å². The van der Waals surface area contributed by atoms with Gasteiger partial charge in [0.2, 0.25) is 0 Å². The summed E-state index contributed by atoms with van der Waals surface area (Å²) >= 11 is 0. The van der Waals surface area contributed by atoms with Gasteiger partial charge in [0.05, 0.1) is 11.3 Å². The Morgan fingerprint density at radius 3 is 2.42 bits per heavy atom. The van der Waals surface area contributed by atoms with Gasteiger partial charge >= 0.3 is 0 Å². The van der Waals surface area contributed by atoms with Crippen molar-refractivity contribution in [2.24, 2.45) is 5.92 Å². The molecule has 0 aromatic heterocycles. The van der Waals surface area contributed by atoms with Gasteiger partial charge in [-0.25, -0.2) is 8.78 Å². The smallest absolute Gasteiger partial charge is 0.183 e. The molecule has 0 heterocycles. The molecule has 4 heteroatoms. The zero-order valence-corrected chi connectivity index (χ0v) is 11.6. The predicted molar refractivity (Wildman–Crippen MR) is 72.8 cm³/mol. The second-order valence-corrected chi connectivity index (χ2v) is 5.27. The molecule has 0 fully saturated rings. The Bertz CT molecular complexity index is 464. The van der Waals surface area contributed by atoms with E-state index in [-0.39, 0.29) is 17.3 Å². The molecule has 0 bridgehead atoms. The Balaban J connectivity index is 2.63. The highest BCUT2D eigenvalue weighted by atomic mass is 19.2. The van der Waals surface area contributed by atoms with Gasteiger partial charge in [0, 0.05) is 6.04 Å². The quantitative estimate of drug-likeness (QED) is 0.825. The third-order valence-electron chi connectivity index (χ3n) is 3.02. The minimum atomic E-state index is -1.08. The van der Waals surface area contributed by atoms with E-state index in [2.05, 4.69) is 19.2 Å². The van der Waals surface area contributed by atoms with Gasteiger partial charge in [0.1, 0.15) is 6.07 Å². The molecule has 1 aromatic carbocycles. The van der Waals surface area contributed by atoms with Crippen molar-refractivity contribution >= 4 is 5.69 Å². The van der Waals surface area contributed by atoms with E-state index in [1.807, 2.05) is 6.92 Å². The standard InChI is InChI=1S/C15H20F2N2/c1-10(2)5-4-6-11(3)19-13-8-7-12(9-18)14(16)15(13)17/h7-8,10-11,19H,4-6H2,1-3H3. The highest BCUT2D eigenvalue weighted by molar-refractivity contribution is 5.50. The van der Waals surface area contributed by atoms with Crippen LogP contribution in [-0.4, -0.2) is 6.04 Å². The van der Waals surface area contributed by atoms with E-state index < -0.39 is 11.6 Å². The number of nitrogens with one attached hydrogen (secondary N) is 1. The Hall–Kier alpha value is -1.63. The molecule has 0 spiro atoms. The highest BCUT2D eigenvalue weighted by Crippen LogP contribution is 2.22. The van der Waals surface area contributed by atoms with Gasteiger partial charge in [0.15, 0.2) is 11.6 Å². The van der Waals surface area contributed by atoms with Crippen LogP contribution in [0.15, 0.2) is 12.1 Å². The summed E-state index contributed by atoms with van der Waals surface area (Å²) < 4.78 is 27.1. The average molecular weight is 266 g/mol. The van der Waals surface area contributed by atoms with Crippen molar-refractivity contribution in [3.63, 3.8) is 0 Å². The molecule has 1 N–H and O–H groups in total. The Morgan fingerprint density at radius 2 is 1.84 bits per heavy atom. The molecule has 0 saturated heterocycles. The summed E-state index contributed by atoms with van der Waals surface area (Å²) in [4.78, 5) is 0. The molecule has 0 aliphatic rings. The molecule has 0 amide bonds. The van der Waals surface area contributed by atoms with Crippen LogP contribution in [-0.2, 0) is 0 Å². The number of nitrogens with zero attached hydrogens (tertiary/aromatic N) is 1. The summed E-state index contributed by atoms with van der Waals surface area (Å²) in [7, 11) is 0. The maximum absolute atomic E-state index is 13.7. The van der Waals surface area contributed by atoms with E-state index in [9.17, 15) is 8.78 Å². The molecular formula is C15H20F2N2. The van der Waals surface area contributed by atoms with Crippen LogP contribution in [0.25, 0.3) is 0 Å². The van der Waals surface area contributed by atoms with Crippen LogP contribution in [0.5, 0.6) is 0 Å². The molecule has 0 aliphatic carbocycles. The first-order chi connectivity index (χ1) is 8.95. The lowest BCUT2D eigenvalue weighted by Crippen LogP contribution is -2.16. The lowest BCUT2D eigenvalue weighted by Gasteiger charge is -2.16. The van der Waals surface area contributed by atoms with Crippen molar-refractivity contribution in [1.82, 2.24) is 0 Å². The third kappa shape index (κ3) is 4.51. The molecule has 0 saturated carbocycles. The number of halogens is 2. The van der Waals surface area contributed by atoms with Crippen LogP contribution >= 0.6 is 0 Å². The van der Waals surface area contributed by atoms with Gasteiger partial charge in [-0.1, -0.05) is 26.7 Å². The Kier molecular flexibility index (Phi) is 5.75. The fourth-order valence-electron chi connectivity index (χ4n) is 1.92. The van der Waals surface area contributed by atoms with Gasteiger partial charge in [-0.05, 0) is 31.4 Å². The fourth-order valence-corrected chi connectivity index (χ4v) is 1.92. The zero-order valence-electron chi connectivity index (χ0n) is 11.6. The molecule has 0 radical (unpaired) electrons. The summed E-state index contributed by atoms with van der Waals surface area (Å²) in [6.07, 6.45) is 3.07. The van der Waals surface area contributed by atoms with Crippen molar-refractivity contribution in [3.8, 4) is 6.07 Å². The first-order valence-electron chi connectivity index (χ1n) is 6.60. The second kappa shape index (κ2) is 7.08. The molecular weight excluding hydrogens is 246 g/mol. The van der Waals surface area contributed by atoms with Gasteiger partial charge in [-0.2, -0.15) is 5.26 Å². The summed E-state index contributed by atoms with van der Waals surface area (Å²) in [6.45, 7) is 6.26. The number of anilines is 1. The van der Waals surface area contributed by atoms with Crippen LogP contribution in [0.3, 0.4) is 0 Å². The predicted octanol–water partition coefficient (Wildman–Crippen LogP) is 4.46. The molecule has 19 heavy (non-hydrogen) atoms. The number of hydrogen-bond donors (Lipinski definition) is 1. The number of hydrogen-bond acceptors (Lipinski definition) is 2. The first kappa shape index (κ1) is 15.4. The Morgan fingerprint density at radius 1 is 1.16 bits per heavy atom. The molecule has 1 rings (SSSR count). The third-order valence-corrected chi connectivity index (χ3v) is 3.02. The summed E-state index contributed by atoms with van der Waals surface area (Å²) in [5.74, 6) is -1.41. The van der Waals surface area contributed by atoms with Gasteiger partial charge < -0.3 is 5.32 Å². The Labute approximate surface area is 113 Å². The molecule has 0 aliphatic heterocycles. The van der Waals surface area contributed by atoms with Crippen LogP contribution in [0.4, 0.5) is 14.5 Å². The summed E-state index contributed by atoms with van der Waals surface area (Å²) in [5, 5.41) is 11.6. The van der Waals surface area contributed by atoms with E-state index in [0.29, 0.717) is 5.92 Å². The van der Waals surface area contributed by atoms with Crippen LogP contribution in [0.2, 0.25) is 0 Å². The zero-order chi connectivity index (χ0) is 14.4. The minimum absolute atomic E-state index is 0.0700. The average Bonchev–Trinajstić information content (AvgIpc) is 2.35. The van der Waals surface area contributed by atoms with E-state index in [1.54, 1.807) is 6.07 Å². The monoisotopic (exact) mass is 266 g/mol. The van der Waals surface area contributed by atoms with Crippen molar-refractivity contribution in [2.45, 2.75) is 46.1 Å². The fraction of sp³-hybridized carbons (Fsp3) is 0.533. The highest BCUT2D eigenvalue weighted by Gasteiger charge is 2.14. The summed E-state index contributed by atoms with van der Waals surface area (Å²) in [5.41, 5.74) is -0.149. The molecule has 1 aromatic rings. The number of nitriles is 1. The van der Waals surface area contributed by atoms with Gasteiger partial charge in [-0.3, -0.25) is 0 Å². The first-order valence-corrected chi connectivity index (χ1v) is 6.60. The van der Waals surface area contributed by atoms with Crippen molar-refractivity contribution in [2.75, 3.05) is 5.32 Å². The van der Waals surface area contributed by atoms with Crippen molar-refractivity contribution < 1.29 is 8.78 Å². The molecule has 1 unspecified atom stereocenters. The van der Waals surface area contributed by atoms with E-state index in [0.717, 1.165) is 19.3 Å². The summed E-state index contributed by atoms with van der Waals surface area (Å²) in [6, 6.07) is 4.40. The molecule has 2 nitrogen and oxygen atoms in total. The lowest BCUT2D eigenvalue weighted by molar-refractivity contribution is 0.501. The van der Waals surface area contributed by atoms with Crippen LogP contribution in [0.1, 0.15) is 45.6 Å². The van der Waals surface area contributed by atoms with Gasteiger partial charge in [0.25, 0.3) is 0 Å². The SMILES string of the molecule is CC(C)CCCC(C)Nc1ccc(C#N)c(F)c1F. The van der Waals surface area contributed by atoms with Crippen molar-refractivity contribution in [3.05, 3.63) is 29.3 Å². The number of rotatable bonds is 6. The molecule has 1 atom stereocenters. The minimum Gasteiger partial charge on any atom is -0.380 e. The normalized spacial score (nSPS) is 12.3.